The smallest absolute Gasteiger partial charge is 0.0794 e. The molecular weight excluding hydrogens is 204 g/mol. The molecule has 2 atom stereocenters. The summed E-state index contributed by atoms with van der Waals surface area (Å²) in [6, 6.07) is 0.742. The van der Waals surface area contributed by atoms with Gasteiger partial charge in [0.25, 0.3) is 0 Å². The molecule has 1 N–H and O–H groups in total. The van der Waals surface area contributed by atoms with E-state index in [1.54, 1.807) is 11.3 Å². The highest BCUT2D eigenvalue weighted by Crippen LogP contribution is 2.27. The predicted octanol–water partition coefficient (Wildman–Crippen LogP) is 3.20. The summed E-state index contributed by atoms with van der Waals surface area (Å²) in [6.07, 6.45) is 8.89. The van der Waals surface area contributed by atoms with Crippen molar-refractivity contribution >= 4 is 11.3 Å². The summed E-state index contributed by atoms with van der Waals surface area (Å²) < 4.78 is 0. The van der Waals surface area contributed by atoms with Crippen molar-refractivity contribution in [2.24, 2.45) is 5.92 Å². The number of nitrogens with zero attached hydrogens (tertiary/aromatic N) is 1. The van der Waals surface area contributed by atoms with E-state index in [0.717, 1.165) is 18.5 Å². The zero-order chi connectivity index (χ0) is 10.5. The van der Waals surface area contributed by atoms with E-state index in [-0.39, 0.29) is 0 Å². The van der Waals surface area contributed by atoms with Crippen LogP contribution in [0.4, 0.5) is 0 Å². The van der Waals surface area contributed by atoms with Crippen LogP contribution in [-0.2, 0) is 6.54 Å². The quantitative estimate of drug-likeness (QED) is 0.849. The lowest BCUT2D eigenvalue weighted by atomic mass is 9.83. The summed E-state index contributed by atoms with van der Waals surface area (Å²) in [7, 11) is 0. The van der Waals surface area contributed by atoms with Crippen molar-refractivity contribution < 1.29 is 0 Å². The number of rotatable bonds is 4. The molecule has 0 spiro atoms. The van der Waals surface area contributed by atoms with E-state index in [1.165, 1.54) is 37.0 Å². The van der Waals surface area contributed by atoms with Gasteiger partial charge in [-0.05, 0) is 18.8 Å². The minimum atomic E-state index is 0.742. The minimum Gasteiger partial charge on any atom is -0.309 e. The fourth-order valence-corrected chi connectivity index (χ4v) is 3.07. The maximum absolute atomic E-state index is 4.10. The van der Waals surface area contributed by atoms with Gasteiger partial charge < -0.3 is 5.32 Å². The highest BCUT2D eigenvalue weighted by molar-refractivity contribution is 7.09. The summed E-state index contributed by atoms with van der Waals surface area (Å²) in [4.78, 5) is 5.46. The molecule has 1 fully saturated rings. The van der Waals surface area contributed by atoms with Crippen molar-refractivity contribution in [3.63, 3.8) is 0 Å². The molecule has 0 aliphatic heterocycles. The van der Waals surface area contributed by atoms with Gasteiger partial charge in [0, 0.05) is 23.7 Å². The molecule has 1 aromatic heterocycles. The van der Waals surface area contributed by atoms with Crippen LogP contribution in [0.25, 0.3) is 0 Å². The van der Waals surface area contributed by atoms with Crippen molar-refractivity contribution in [1.29, 1.82) is 0 Å². The Morgan fingerprint density at radius 3 is 3.07 bits per heavy atom. The SMILES string of the molecule is CCC1CCCCC1NCc1cncs1. The molecule has 1 aliphatic carbocycles. The molecule has 2 unspecified atom stereocenters. The lowest BCUT2D eigenvalue weighted by Crippen LogP contribution is -2.37. The molecule has 3 heteroatoms. The van der Waals surface area contributed by atoms with Gasteiger partial charge in [-0.1, -0.05) is 26.2 Å². The molecule has 0 aromatic carbocycles. The maximum atomic E-state index is 4.10. The van der Waals surface area contributed by atoms with Crippen molar-refractivity contribution in [3.05, 3.63) is 16.6 Å². The molecule has 1 aromatic rings. The molecule has 2 nitrogen and oxygen atoms in total. The second-order valence-electron chi connectivity index (χ2n) is 4.41. The second kappa shape index (κ2) is 5.61. The average Bonchev–Trinajstić information content (AvgIpc) is 2.79. The molecule has 0 radical (unpaired) electrons. The number of aromatic nitrogens is 1. The van der Waals surface area contributed by atoms with E-state index in [2.05, 4.69) is 17.2 Å². The third kappa shape index (κ3) is 3.02. The molecule has 0 saturated heterocycles. The Labute approximate surface area is 96.1 Å². The van der Waals surface area contributed by atoms with Gasteiger partial charge in [0.2, 0.25) is 0 Å². The first-order valence-corrected chi connectivity index (χ1v) is 6.89. The summed E-state index contributed by atoms with van der Waals surface area (Å²) in [5, 5.41) is 3.70. The third-order valence-corrected chi connectivity index (χ3v) is 4.24. The highest BCUT2D eigenvalue weighted by atomic mass is 32.1. The first-order valence-electron chi connectivity index (χ1n) is 6.01. The molecule has 0 amide bonds. The van der Waals surface area contributed by atoms with Gasteiger partial charge in [0.05, 0.1) is 5.51 Å². The Morgan fingerprint density at radius 2 is 2.33 bits per heavy atom. The van der Waals surface area contributed by atoms with Gasteiger partial charge in [0.1, 0.15) is 0 Å². The molecular formula is C12H20N2S. The number of nitrogens with one attached hydrogen (secondary N) is 1. The fourth-order valence-electron chi connectivity index (χ4n) is 2.53. The lowest BCUT2D eigenvalue weighted by Gasteiger charge is -2.31. The number of thiazole rings is 1. The predicted molar refractivity (Wildman–Crippen MR) is 65.0 cm³/mol. The van der Waals surface area contributed by atoms with Crippen LogP contribution in [0.1, 0.15) is 43.9 Å². The van der Waals surface area contributed by atoms with Crippen LogP contribution < -0.4 is 5.32 Å². The van der Waals surface area contributed by atoms with Crippen molar-refractivity contribution in [1.82, 2.24) is 10.3 Å². The summed E-state index contributed by atoms with van der Waals surface area (Å²) >= 11 is 1.75. The van der Waals surface area contributed by atoms with Crippen molar-refractivity contribution in [2.45, 2.75) is 51.6 Å². The molecule has 2 rings (SSSR count). The van der Waals surface area contributed by atoms with E-state index >= 15 is 0 Å². The van der Waals surface area contributed by atoms with Gasteiger partial charge in [0.15, 0.2) is 0 Å². The largest absolute Gasteiger partial charge is 0.309 e. The molecule has 15 heavy (non-hydrogen) atoms. The first kappa shape index (κ1) is 11.1. The molecule has 84 valence electrons. The van der Waals surface area contributed by atoms with Crippen LogP contribution in [0.2, 0.25) is 0 Å². The first-order chi connectivity index (χ1) is 7.40. The van der Waals surface area contributed by atoms with Crippen LogP contribution in [0.15, 0.2) is 11.7 Å². The van der Waals surface area contributed by atoms with Gasteiger partial charge in [-0.2, -0.15) is 0 Å². The number of hydrogen-bond acceptors (Lipinski definition) is 3. The van der Waals surface area contributed by atoms with Crippen LogP contribution in [-0.4, -0.2) is 11.0 Å². The van der Waals surface area contributed by atoms with Crippen molar-refractivity contribution in [2.75, 3.05) is 0 Å². The van der Waals surface area contributed by atoms with E-state index in [0.29, 0.717) is 0 Å². The lowest BCUT2D eigenvalue weighted by molar-refractivity contribution is 0.255. The molecule has 1 saturated carbocycles. The average molecular weight is 224 g/mol. The highest BCUT2D eigenvalue weighted by Gasteiger charge is 2.22. The zero-order valence-corrected chi connectivity index (χ0v) is 10.2. The Hall–Kier alpha value is -0.410. The third-order valence-electron chi connectivity index (χ3n) is 3.46. The van der Waals surface area contributed by atoms with Gasteiger partial charge in [-0.15, -0.1) is 11.3 Å². The zero-order valence-electron chi connectivity index (χ0n) is 9.41. The van der Waals surface area contributed by atoms with Crippen LogP contribution in [0.5, 0.6) is 0 Å². The van der Waals surface area contributed by atoms with Gasteiger partial charge in [-0.25, -0.2) is 0 Å². The standard InChI is InChI=1S/C12H20N2S/c1-2-10-5-3-4-6-12(10)14-8-11-7-13-9-15-11/h7,9-10,12,14H,2-6,8H2,1H3. The van der Waals surface area contributed by atoms with Crippen LogP contribution in [0, 0.1) is 5.92 Å². The second-order valence-corrected chi connectivity index (χ2v) is 5.38. The van der Waals surface area contributed by atoms with E-state index in [1.807, 2.05) is 11.7 Å². The monoisotopic (exact) mass is 224 g/mol. The van der Waals surface area contributed by atoms with Crippen LogP contribution in [0.3, 0.4) is 0 Å². The van der Waals surface area contributed by atoms with Crippen molar-refractivity contribution in [3.8, 4) is 0 Å². The minimum absolute atomic E-state index is 0.742. The Kier molecular flexibility index (Phi) is 4.15. The fraction of sp³-hybridized carbons (Fsp3) is 0.750. The van der Waals surface area contributed by atoms with E-state index < -0.39 is 0 Å². The Bertz CT molecular complexity index is 271. The molecule has 0 bridgehead atoms. The molecule has 1 aliphatic rings. The van der Waals surface area contributed by atoms with E-state index in [9.17, 15) is 0 Å². The summed E-state index contributed by atoms with van der Waals surface area (Å²) in [5.41, 5.74) is 1.91. The summed E-state index contributed by atoms with van der Waals surface area (Å²) in [5.74, 6) is 0.895. The number of hydrogen-bond donors (Lipinski definition) is 1. The molecule has 1 heterocycles. The van der Waals surface area contributed by atoms with Gasteiger partial charge in [-0.3, -0.25) is 4.98 Å². The maximum Gasteiger partial charge on any atom is 0.0794 e. The van der Waals surface area contributed by atoms with Gasteiger partial charge >= 0.3 is 0 Å². The topological polar surface area (TPSA) is 24.9 Å². The van der Waals surface area contributed by atoms with E-state index in [4.69, 9.17) is 0 Å². The summed E-state index contributed by atoms with van der Waals surface area (Å²) in [6.45, 7) is 3.32. The van der Waals surface area contributed by atoms with Crippen LogP contribution >= 0.6 is 11.3 Å². The Morgan fingerprint density at radius 1 is 1.47 bits per heavy atom. The Balaban J connectivity index is 1.81. The normalized spacial score (nSPS) is 26.7.